The molecule has 0 atom stereocenters. The summed E-state index contributed by atoms with van der Waals surface area (Å²) in [6.07, 6.45) is 0. The van der Waals surface area contributed by atoms with Crippen LogP contribution in [0.3, 0.4) is 0 Å². The summed E-state index contributed by atoms with van der Waals surface area (Å²) in [5, 5.41) is 0. The molecule has 50 valence electrons. The maximum atomic E-state index is 2.38. The first-order valence-electron chi connectivity index (χ1n) is 3.07. The van der Waals surface area contributed by atoms with Gasteiger partial charge < -0.3 is 4.90 Å². The van der Waals surface area contributed by atoms with Crippen molar-refractivity contribution in [2.45, 2.75) is 14.0 Å². The monoisotopic (exact) mass is 219 g/mol. The molecule has 0 aliphatic carbocycles. The third-order valence-corrected chi connectivity index (χ3v) is 0. The summed E-state index contributed by atoms with van der Waals surface area (Å²) in [5.41, 5.74) is 0. The molecule has 0 aliphatic rings. The molecule has 0 saturated carbocycles. The number of hydrogen-bond acceptors (Lipinski definition) is 1. The number of hydrogen-bond donors (Lipinski definition) is 0. The second-order valence-corrected chi connectivity index (χ2v) is 13.0. The van der Waals surface area contributed by atoms with Crippen LogP contribution in [0.15, 0.2) is 0 Å². The number of nitrogens with zero attached hydrogens (tertiary/aromatic N) is 1. The normalized spacial score (nSPS) is 7.88. The van der Waals surface area contributed by atoms with E-state index < -0.39 is 21.4 Å². The summed E-state index contributed by atoms with van der Waals surface area (Å²) in [5.74, 6) is 0. The summed E-state index contributed by atoms with van der Waals surface area (Å²) < 4.78 is 7.13. The zero-order chi connectivity index (χ0) is 7.15. The minimum atomic E-state index is -0.637. The molecular formula is C6H18InN. The Morgan fingerprint density at radius 1 is 0.875 bits per heavy atom. The van der Waals surface area contributed by atoms with Gasteiger partial charge in [-0.3, -0.25) is 0 Å². The van der Waals surface area contributed by atoms with E-state index in [1.807, 2.05) is 26.0 Å². The first-order chi connectivity index (χ1) is 3.46. The minimum absolute atomic E-state index is 0.637. The van der Waals surface area contributed by atoms with Gasteiger partial charge in [-0.2, -0.15) is 0 Å². The topological polar surface area (TPSA) is 3.24 Å². The summed E-state index contributed by atoms with van der Waals surface area (Å²) >= 11 is -0.637. The van der Waals surface area contributed by atoms with Crippen molar-refractivity contribution in [3.05, 3.63) is 0 Å². The molecule has 0 aromatic carbocycles. The van der Waals surface area contributed by atoms with E-state index in [0.29, 0.717) is 0 Å². The van der Waals surface area contributed by atoms with Crippen LogP contribution in [0.1, 0.15) is 0 Å². The van der Waals surface area contributed by atoms with Crippen LogP contribution in [0, 0.1) is 0 Å². The Balaban J connectivity index is 0. The third-order valence-electron chi connectivity index (χ3n) is 0. The molecule has 0 N–H and O–H groups in total. The fourth-order valence-electron chi connectivity index (χ4n) is 0. The van der Waals surface area contributed by atoms with Crippen molar-refractivity contribution in [2.24, 2.45) is 0 Å². The Hall–Kier alpha value is 0.830. The molecule has 0 heterocycles. The van der Waals surface area contributed by atoms with E-state index in [4.69, 9.17) is 0 Å². The van der Waals surface area contributed by atoms with Crippen LogP contribution < -0.4 is 0 Å². The molecular weight excluding hydrogens is 201 g/mol. The van der Waals surface area contributed by atoms with Crippen LogP contribution in [0.5, 0.6) is 0 Å². The van der Waals surface area contributed by atoms with E-state index in [2.05, 4.69) is 14.0 Å². The van der Waals surface area contributed by atoms with Crippen LogP contribution in [0.25, 0.3) is 0 Å². The van der Waals surface area contributed by atoms with Crippen LogP contribution in [0.4, 0.5) is 0 Å². The average molecular weight is 219 g/mol. The fraction of sp³-hybridized carbons (Fsp3) is 1.00. The molecule has 0 rings (SSSR count). The van der Waals surface area contributed by atoms with Gasteiger partial charge in [-0.1, -0.05) is 0 Å². The Morgan fingerprint density at radius 3 is 0.875 bits per heavy atom. The van der Waals surface area contributed by atoms with E-state index in [-0.39, 0.29) is 0 Å². The number of rotatable bonds is 0. The van der Waals surface area contributed by atoms with Gasteiger partial charge in [-0.05, 0) is 21.1 Å². The van der Waals surface area contributed by atoms with Gasteiger partial charge in [-0.15, -0.1) is 0 Å². The van der Waals surface area contributed by atoms with Gasteiger partial charge in [0, 0.05) is 0 Å². The van der Waals surface area contributed by atoms with Gasteiger partial charge in [0.2, 0.25) is 0 Å². The Labute approximate surface area is 61.6 Å². The fourth-order valence-corrected chi connectivity index (χ4v) is 0. The maximum absolute atomic E-state index is 2.38. The second-order valence-electron chi connectivity index (χ2n) is 3.07. The zero-order valence-corrected chi connectivity index (χ0v) is 10.3. The van der Waals surface area contributed by atoms with E-state index in [0.717, 1.165) is 0 Å². The van der Waals surface area contributed by atoms with Gasteiger partial charge in [0.05, 0.1) is 0 Å². The van der Waals surface area contributed by atoms with Gasteiger partial charge in [0.1, 0.15) is 0 Å². The Kier molecular flexibility index (Phi) is 11.4. The molecule has 0 spiro atoms. The molecule has 0 amide bonds. The first-order valence-corrected chi connectivity index (χ1v) is 13.0. The van der Waals surface area contributed by atoms with Crippen molar-refractivity contribution >= 4 is 21.4 Å². The second kappa shape index (κ2) is 7.83. The summed E-state index contributed by atoms with van der Waals surface area (Å²) in [7, 11) is 6.00. The molecule has 2 heteroatoms. The molecule has 0 aliphatic heterocycles. The van der Waals surface area contributed by atoms with Crippen molar-refractivity contribution in [3.63, 3.8) is 0 Å². The van der Waals surface area contributed by atoms with Gasteiger partial charge in [0.25, 0.3) is 0 Å². The first kappa shape index (κ1) is 11.6. The van der Waals surface area contributed by atoms with Crippen molar-refractivity contribution in [2.75, 3.05) is 21.1 Å². The SMILES string of the molecule is CN(C)C.[CH3][In]([CH3])[CH3]. The van der Waals surface area contributed by atoms with E-state index >= 15 is 0 Å². The van der Waals surface area contributed by atoms with Crippen molar-refractivity contribution in [3.8, 4) is 0 Å². The third kappa shape index (κ3) is 337. The molecule has 0 unspecified atom stereocenters. The average Bonchev–Trinajstić information content (AvgIpc) is 1.25. The Bertz CT molecular complexity index is 24.0. The molecule has 0 aromatic heterocycles. The predicted octanol–water partition coefficient (Wildman–Crippen LogP) is 1.55. The van der Waals surface area contributed by atoms with Crippen LogP contribution >= 0.6 is 0 Å². The van der Waals surface area contributed by atoms with Crippen LogP contribution in [-0.4, -0.2) is 47.5 Å². The van der Waals surface area contributed by atoms with Crippen molar-refractivity contribution in [1.29, 1.82) is 0 Å². The summed E-state index contributed by atoms with van der Waals surface area (Å²) in [6, 6.07) is 0. The molecule has 1 nitrogen and oxygen atoms in total. The van der Waals surface area contributed by atoms with E-state index in [1.165, 1.54) is 0 Å². The van der Waals surface area contributed by atoms with Crippen LogP contribution in [-0.2, 0) is 0 Å². The Morgan fingerprint density at radius 2 is 0.875 bits per heavy atom. The standard InChI is InChI=1S/C3H9N.3CH3.In/c1-4(2)3;;;;/h1-3H3;3*1H3;. The molecule has 0 bridgehead atoms. The van der Waals surface area contributed by atoms with Crippen LogP contribution in [0.2, 0.25) is 14.0 Å². The summed E-state index contributed by atoms with van der Waals surface area (Å²) in [6.45, 7) is 0. The van der Waals surface area contributed by atoms with Gasteiger partial charge in [-0.25, -0.2) is 0 Å². The molecule has 0 radical (unpaired) electrons. The van der Waals surface area contributed by atoms with Crippen molar-refractivity contribution < 1.29 is 0 Å². The van der Waals surface area contributed by atoms with E-state index in [9.17, 15) is 0 Å². The van der Waals surface area contributed by atoms with Gasteiger partial charge in [0.15, 0.2) is 0 Å². The van der Waals surface area contributed by atoms with Gasteiger partial charge >= 0.3 is 35.5 Å². The predicted molar refractivity (Wildman–Crippen MR) is 43.0 cm³/mol. The summed E-state index contributed by atoms with van der Waals surface area (Å²) in [4.78, 5) is 2.00. The molecule has 8 heavy (non-hydrogen) atoms. The quantitative estimate of drug-likeness (QED) is 0.597. The van der Waals surface area contributed by atoms with E-state index in [1.54, 1.807) is 0 Å². The van der Waals surface area contributed by atoms with Crippen molar-refractivity contribution in [1.82, 2.24) is 4.90 Å². The zero-order valence-electron chi connectivity index (χ0n) is 7.02. The molecule has 0 saturated heterocycles. The molecule has 0 fully saturated rings. The molecule has 0 aromatic rings.